The van der Waals surface area contributed by atoms with Crippen LogP contribution in [0.1, 0.15) is 42.3 Å². The Bertz CT molecular complexity index is 825. The first-order valence-electron chi connectivity index (χ1n) is 6.43. The van der Waals surface area contributed by atoms with Gasteiger partial charge < -0.3 is 9.47 Å². The van der Waals surface area contributed by atoms with Crippen molar-refractivity contribution in [2.75, 3.05) is 14.2 Å². The predicted molar refractivity (Wildman–Crippen MR) is 75.4 cm³/mol. The van der Waals surface area contributed by atoms with Gasteiger partial charge in [0.1, 0.15) is 11.4 Å². The average Bonchev–Trinajstić information content (AvgIpc) is 2.57. The molecule has 1 aromatic heterocycles. The van der Waals surface area contributed by atoms with Gasteiger partial charge in [0, 0.05) is 11.8 Å². The summed E-state index contributed by atoms with van der Waals surface area (Å²) in [6.07, 6.45) is 1.30. The topological polar surface area (TPSA) is 82.6 Å². The summed E-state index contributed by atoms with van der Waals surface area (Å²) in [6, 6.07) is 6.09. The highest BCUT2D eigenvalue weighted by atomic mass is 16.5. The molecule has 110 valence electrons. The zero-order valence-electron chi connectivity index (χ0n) is 11.9. The number of carbonyl (C=O) groups excluding carboxylic acids is 3. The van der Waals surface area contributed by atoms with Gasteiger partial charge in [0.05, 0.1) is 30.9 Å². The van der Waals surface area contributed by atoms with Gasteiger partial charge in [-0.2, -0.15) is 0 Å². The van der Waals surface area contributed by atoms with E-state index in [0.29, 0.717) is 5.75 Å². The molecule has 2 aromatic rings. The van der Waals surface area contributed by atoms with Crippen molar-refractivity contribution in [2.24, 2.45) is 0 Å². The van der Waals surface area contributed by atoms with Gasteiger partial charge >= 0.3 is 5.97 Å². The van der Waals surface area contributed by atoms with Crippen LogP contribution in [0.4, 0.5) is 0 Å². The van der Waals surface area contributed by atoms with E-state index in [9.17, 15) is 14.4 Å². The maximum Gasteiger partial charge on any atom is 0.338 e. The summed E-state index contributed by atoms with van der Waals surface area (Å²) >= 11 is 0. The third-order valence-corrected chi connectivity index (χ3v) is 3.52. The predicted octanol–water partition coefficient (Wildman–Crippen LogP) is 1.65. The fourth-order valence-corrected chi connectivity index (χ4v) is 2.52. The minimum absolute atomic E-state index is 0.0271. The molecule has 3 rings (SSSR count). The molecule has 1 aromatic carbocycles. The highest BCUT2D eigenvalue weighted by Gasteiger charge is 2.36. The van der Waals surface area contributed by atoms with E-state index in [1.807, 2.05) is 0 Å². The van der Waals surface area contributed by atoms with E-state index in [1.54, 1.807) is 12.1 Å². The molecule has 0 radical (unpaired) electrons. The molecule has 0 atom stereocenters. The first-order valence-corrected chi connectivity index (χ1v) is 6.43. The molecule has 1 aliphatic rings. The van der Waals surface area contributed by atoms with Crippen molar-refractivity contribution < 1.29 is 23.9 Å². The van der Waals surface area contributed by atoms with Crippen LogP contribution >= 0.6 is 0 Å². The molecule has 1 aliphatic carbocycles. The number of fused-ring (bicyclic) bond motifs is 2. The zero-order valence-corrected chi connectivity index (χ0v) is 11.9. The molecule has 0 aliphatic heterocycles. The van der Waals surface area contributed by atoms with Gasteiger partial charge in [-0.15, -0.1) is 0 Å². The fourth-order valence-electron chi connectivity index (χ4n) is 2.52. The Morgan fingerprint density at radius 3 is 2.50 bits per heavy atom. The Morgan fingerprint density at radius 1 is 1.05 bits per heavy atom. The molecule has 6 nitrogen and oxygen atoms in total. The van der Waals surface area contributed by atoms with Crippen LogP contribution in [0.15, 0.2) is 30.5 Å². The van der Waals surface area contributed by atoms with Crippen molar-refractivity contribution in [1.29, 1.82) is 0 Å². The van der Waals surface area contributed by atoms with E-state index < -0.39 is 17.5 Å². The van der Waals surface area contributed by atoms with Gasteiger partial charge in [0.2, 0.25) is 5.78 Å². The zero-order chi connectivity index (χ0) is 15.9. The smallest absolute Gasteiger partial charge is 0.338 e. The van der Waals surface area contributed by atoms with Gasteiger partial charge in [0.25, 0.3) is 0 Å². The summed E-state index contributed by atoms with van der Waals surface area (Å²) in [5.74, 6) is -1.29. The molecule has 0 spiro atoms. The quantitative estimate of drug-likeness (QED) is 0.669. The summed E-state index contributed by atoms with van der Waals surface area (Å²) in [5, 5.41) is 0. The lowest BCUT2D eigenvalue weighted by molar-refractivity contribution is 0.0597. The minimum atomic E-state index is -0.689. The normalized spacial score (nSPS) is 12.5. The molecule has 0 saturated heterocycles. The van der Waals surface area contributed by atoms with Crippen LogP contribution in [0.2, 0.25) is 0 Å². The number of aromatic nitrogens is 1. The van der Waals surface area contributed by atoms with Crippen LogP contribution in [-0.4, -0.2) is 36.7 Å². The fraction of sp³-hybridized carbons (Fsp3) is 0.125. The largest absolute Gasteiger partial charge is 0.496 e. The molecular weight excluding hydrogens is 286 g/mol. The Balaban J connectivity index is 2.32. The van der Waals surface area contributed by atoms with Gasteiger partial charge in [-0.05, 0) is 12.1 Å². The Kier molecular flexibility index (Phi) is 3.21. The number of hydrogen-bond donors (Lipinski definition) is 0. The summed E-state index contributed by atoms with van der Waals surface area (Å²) in [4.78, 5) is 41.2. The van der Waals surface area contributed by atoms with Crippen LogP contribution < -0.4 is 4.74 Å². The van der Waals surface area contributed by atoms with Crippen molar-refractivity contribution in [3.05, 3.63) is 58.4 Å². The van der Waals surface area contributed by atoms with E-state index in [2.05, 4.69) is 9.72 Å². The highest BCUT2D eigenvalue weighted by Crippen LogP contribution is 2.33. The molecule has 0 N–H and O–H groups in total. The van der Waals surface area contributed by atoms with Crippen molar-refractivity contribution in [3.8, 4) is 5.75 Å². The second-order valence-corrected chi connectivity index (χ2v) is 4.61. The third kappa shape index (κ3) is 1.81. The number of hydrogen-bond acceptors (Lipinski definition) is 6. The van der Waals surface area contributed by atoms with E-state index in [1.165, 1.54) is 32.5 Å². The maximum absolute atomic E-state index is 12.7. The standard InChI is InChI=1S/C16H11NO5/c1-21-10-5-3-4-8-11(10)15(19)13-12(14(8)18)9(6-7-17-13)16(20)22-2/h3-7H,1-2H3. The molecule has 22 heavy (non-hydrogen) atoms. The molecular formula is C16H11NO5. The second-order valence-electron chi connectivity index (χ2n) is 4.61. The van der Waals surface area contributed by atoms with Gasteiger partial charge in [-0.1, -0.05) is 12.1 Å². The SMILES string of the molecule is COC(=O)c1ccnc2c1C(=O)c1cccc(OC)c1C2=O. The second kappa shape index (κ2) is 5.07. The van der Waals surface area contributed by atoms with Crippen LogP contribution in [0.25, 0.3) is 0 Å². The third-order valence-electron chi connectivity index (χ3n) is 3.52. The van der Waals surface area contributed by atoms with Crippen molar-refractivity contribution in [2.45, 2.75) is 0 Å². The number of benzene rings is 1. The molecule has 6 heteroatoms. The van der Waals surface area contributed by atoms with E-state index in [-0.39, 0.29) is 27.9 Å². The average molecular weight is 297 g/mol. The first kappa shape index (κ1) is 13.9. The number of ketones is 2. The summed E-state index contributed by atoms with van der Waals surface area (Å²) < 4.78 is 9.82. The molecule has 0 saturated carbocycles. The molecule has 0 amide bonds. The lowest BCUT2D eigenvalue weighted by Crippen LogP contribution is -2.26. The van der Waals surface area contributed by atoms with Crippen LogP contribution in [0.3, 0.4) is 0 Å². The van der Waals surface area contributed by atoms with Gasteiger partial charge in [-0.25, -0.2) is 4.79 Å². The molecule has 0 fully saturated rings. The molecule has 0 bridgehead atoms. The molecule has 0 unspecified atom stereocenters. The number of ether oxygens (including phenoxy) is 2. The van der Waals surface area contributed by atoms with Crippen molar-refractivity contribution in [1.82, 2.24) is 4.98 Å². The summed E-state index contributed by atoms with van der Waals surface area (Å²) in [5.41, 5.74) is 0.288. The maximum atomic E-state index is 12.7. The first-order chi connectivity index (χ1) is 10.6. The monoisotopic (exact) mass is 297 g/mol. The van der Waals surface area contributed by atoms with E-state index >= 15 is 0 Å². The lowest BCUT2D eigenvalue weighted by Gasteiger charge is -2.20. The summed E-state index contributed by atoms with van der Waals surface area (Å²) in [6.45, 7) is 0. The Labute approximate surface area is 125 Å². The van der Waals surface area contributed by atoms with E-state index in [0.717, 1.165) is 0 Å². The van der Waals surface area contributed by atoms with Gasteiger partial charge in [0.15, 0.2) is 5.78 Å². The minimum Gasteiger partial charge on any atom is -0.496 e. The number of rotatable bonds is 2. The van der Waals surface area contributed by atoms with Crippen LogP contribution in [0.5, 0.6) is 5.75 Å². The number of nitrogens with zero attached hydrogens (tertiary/aromatic N) is 1. The number of carbonyl (C=O) groups is 3. The number of methoxy groups -OCH3 is 2. The van der Waals surface area contributed by atoms with Crippen LogP contribution in [0, 0.1) is 0 Å². The Hall–Kier alpha value is -3.02. The Morgan fingerprint density at radius 2 is 1.82 bits per heavy atom. The summed E-state index contributed by atoms with van der Waals surface area (Å²) in [7, 11) is 2.63. The van der Waals surface area contributed by atoms with Gasteiger partial charge in [-0.3, -0.25) is 14.6 Å². The van der Waals surface area contributed by atoms with Crippen molar-refractivity contribution in [3.63, 3.8) is 0 Å². The lowest BCUT2D eigenvalue weighted by atomic mass is 9.84. The number of pyridine rings is 1. The number of esters is 1. The van der Waals surface area contributed by atoms with Crippen LogP contribution in [-0.2, 0) is 4.74 Å². The highest BCUT2D eigenvalue weighted by molar-refractivity contribution is 6.30. The van der Waals surface area contributed by atoms with E-state index in [4.69, 9.17) is 4.74 Å². The van der Waals surface area contributed by atoms with Crippen molar-refractivity contribution >= 4 is 17.5 Å². The molecule has 1 heterocycles.